The number of thioether (sulfide) groups is 1. The Hall–Kier alpha value is -0.850. The van der Waals surface area contributed by atoms with Gasteiger partial charge in [0, 0.05) is 16.1 Å². The van der Waals surface area contributed by atoms with E-state index in [9.17, 15) is 0 Å². The highest BCUT2D eigenvalue weighted by Crippen LogP contribution is 2.28. The molecular weight excluding hydrogens is 338 g/mol. The SMILES string of the molecule is Brc1cccc(CSc2nnc(C3CCNCC3)o2)c1. The lowest BCUT2D eigenvalue weighted by molar-refractivity contribution is 0.342. The van der Waals surface area contributed by atoms with E-state index < -0.39 is 0 Å². The van der Waals surface area contributed by atoms with Crippen LogP contribution in [0.15, 0.2) is 38.4 Å². The summed E-state index contributed by atoms with van der Waals surface area (Å²) in [5, 5.41) is 12.3. The Kier molecular flexibility index (Phi) is 4.75. The van der Waals surface area contributed by atoms with Gasteiger partial charge in [-0.2, -0.15) is 0 Å². The number of halogens is 1. The van der Waals surface area contributed by atoms with Crippen LogP contribution in [0.25, 0.3) is 0 Å². The topological polar surface area (TPSA) is 51.0 Å². The maximum Gasteiger partial charge on any atom is 0.276 e. The van der Waals surface area contributed by atoms with Crippen molar-refractivity contribution in [1.82, 2.24) is 15.5 Å². The van der Waals surface area contributed by atoms with Gasteiger partial charge < -0.3 is 9.73 Å². The van der Waals surface area contributed by atoms with Gasteiger partial charge in [-0.15, -0.1) is 10.2 Å². The first-order valence-corrected chi connectivity index (χ1v) is 8.50. The van der Waals surface area contributed by atoms with Gasteiger partial charge in [0.25, 0.3) is 5.22 Å². The van der Waals surface area contributed by atoms with E-state index in [1.807, 2.05) is 12.1 Å². The van der Waals surface area contributed by atoms with E-state index >= 15 is 0 Å². The van der Waals surface area contributed by atoms with Crippen LogP contribution in [0.3, 0.4) is 0 Å². The number of benzene rings is 1. The van der Waals surface area contributed by atoms with Gasteiger partial charge in [-0.3, -0.25) is 0 Å². The molecule has 20 heavy (non-hydrogen) atoms. The molecule has 0 saturated carbocycles. The molecule has 0 unspecified atom stereocenters. The van der Waals surface area contributed by atoms with Crippen LogP contribution < -0.4 is 5.32 Å². The first-order chi connectivity index (χ1) is 9.81. The minimum atomic E-state index is 0.420. The van der Waals surface area contributed by atoms with Crippen LogP contribution in [0, 0.1) is 0 Å². The summed E-state index contributed by atoms with van der Waals surface area (Å²) in [5.74, 6) is 2.06. The second-order valence-corrected chi connectivity index (χ2v) is 6.69. The van der Waals surface area contributed by atoms with Crippen molar-refractivity contribution in [3.63, 3.8) is 0 Å². The molecule has 1 fully saturated rings. The third-order valence-corrected chi connectivity index (χ3v) is 4.74. The molecule has 1 aromatic carbocycles. The van der Waals surface area contributed by atoms with Crippen LogP contribution >= 0.6 is 27.7 Å². The first-order valence-electron chi connectivity index (χ1n) is 6.72. The van der Waals surface area contributed by atoms with E-state index in [1.165, 1.54) is 5.56 Å². The van der Waals surface area contributed by atoms with Gasteiger partial charge in [0.15, 0.2) is 0 Å². The molecule has 0 radical (unpaired) electrons. The number of hydrogen-bond donors (Lipinski definition) is 1. The lowest BCUT2D eigenvalue weighted by Gasteiger charge is -2.18. The summed E-state index contributed by atoms with van der Waals surface area (Å²) in [6, 6.07) is 8.27. The van der Waals surface area contributed by atoms with Crippen LogP contribution in [0.1, 0.15) is 30.2 Å². The summed E-state index contributed by atoms with van der Waals surface area (Å²) in [7, 11) is 0. The van der Waals surface area contributed by atoms with Crippen molar-refractivity contribution in [3.8, 4) is 0 Å². The maximum atomic E-state index is 5.78. The highest BCUT2D eigenvalue weighted by Gasteiger charge is 2.21. The average Bonchev–Trinajstić information content (AvgIpc) is 2.95. The second kappa shape index (κ2) is 6.74. The molecule has 0 amide bonds. The zero-order chi connectivity index (χ0) is 13.8. The van der Waals surface area contributed by atoms with E-state index in [2.05, 4.69) is 43.6 Å². The molecular formula is C14H16BrN3OS. The molecule has 1 aliphatic heterocycles. The Morgan fingerprint density at radius 2 is 2.15 bits per heavy atom. The third-order valence-electron chi connectivity index (χ3n) is 3.36. The minimum Gasteiger partial charge on any atom is -0.416 e. The molecule has 1 aromatic heterocycles. The predicted octanol–water partition coefficient (Wildman–Crippen LogP) is 3.59. The Morgan fingerprint density at radius 3 is 2.95 bits per heavy atom. The van der Waals surface area contributed by atoms with Crippen molar-refractivity contribution < 1.29 is 4.42 Å². The largest absolute Gasteiger partial charge is 0.416 e. The number of hydrogen-bond acceptors (Lipinski definition) is 5. The summed E-state index contributed by atoms with van der Waals surface area (Å²) < 4.78 is 6.87. The summed E-state index contributed by atoms with van der Waals surface area (Å²) in [5.41, 5.74) is 1.24. The van der Waals surface area contributed by atoms with Crippen LogP contribution in [0.2, 0.25) is 0 Å². The van der Waals surface area contributed by atoms with Crippen molar-refractivity contribution in [3.05, 3.63) is 40.2 Å². The van der Waals surface area contributed by atoms with Crippen LogP contribution in [-0.4, -0.2) is 23.3 Å². The van der Waals surface area contributed by atoms with Crippen molar-refractivity contribution in [2.45, 2.75) is 29.7 Å². The molecule has 1 N–H and O–H groups in total. The monoisotopic (exact) mass is 353 g/mol. The van der Waals surface area contributed by atoms with Crippen LogP contribution in [0.5, 0.6) is 0 Å². The van der Waals surface area contributed by atoms with E-state index in [-0.39, 0.29) is 0 Å². The molecule has 4 nitrogen and oxygen atoms in total. The predicted molar refractivity (Wildman–Crippen MR) is 82.8 cm³/mol. The molecule has 0 atom stereocenters. The number of nitrogens with zero attached hydrogens (tertiary/aromatic N) is 2. The van der Waals surface area contributed by atoms with Crippen molar-refractivity contribution in [2.24, 2.45) is 0 Å². The summed E-state index contributed by atoms with van der Waals surface area (Å²) in [6.07, 6.45) is 2.16. The quantitative estimate of drug-likeness (QED) is 0.851. The molecule has 0 spiro atoms. The molecule has 6 heteroatoms. The van der Waals surface area contributed by atoms with E-state index in [4.69, 9.17) is 4.42 Å². The van der Waals surface area contributed by atoms with Crippen molar-refractivity contribution >= 4 is 27.7 Å². The number of nitrogens with one attached hydrogen (secondary N) is 1. The Morgan fingerprint density at radius 1 is 1.30 bits per heavy atom. The fourth-order valence-corrected chi connectivity index (χ4v) is 3.44. The van der Waals surface area contributed by atoms with E-state index in [0.717, 1.165) is 42.0 Å². The molecule has 106 valence electrons. The standard InChI is InChI=1S/C14H16BrN3OS/c15-12-3-1-2-10(8-12)9-20-14-18-17-13(19-14)11-4-6-16-7-5-11/h1-3,8,11,16H,4-7,9H2. The fourth-order valence-electron chi connectivity index (χ4n) is 2.28. The summed E-state index contributed by atoms with van der Waals surface area (Å²) in [6.45, 7) is 2.07. The molecule has 0 bridgehead atoms. The van der Waals surface area contributed by atoms with Gasteiger partial charge in [0.05, 0.1) is 0 Å². The minimum absolute atomic E-state index is 0.420. The average molecular weight is 354 g/mol. The third kappa shape index (κ3) is 3.62. The molecule has 3 rings (SSSR count). The zero-order valence-electron chi connectivity index (χ0n) is 11.0. The highest BCUT2D eigenvalue weighted by molar-refractivity contribution is 9.10. The van der Waals surface area contributed by atoms with Crippen molar-refractivity contribution in [2.75, 3.05) is 13.1 Å². The van der Waals surface area contributed by atoms with Crippen LogP contribution in [-0.2, 0) is 5.75 Å². The summed E-state index contributed by atoms with van der Waals surface area (Å²) in [4.78, 5) is 0. The fraction of sp³-hybridized carbons (Fsp3) is 0.429. The van der Waals surface area contributed by atoms with Gasteiger partial charge in [-0.1, -0.05) is 39.8 Å². The van der Waals surface area contributed by atoms with E-state index in [1.54, 1.807) is 11.8 Å². The van der Waals surface area contributed by atoms with Gasteiger partial charge in [0.2, 0.25) is 5.89 Å². The Bertz CT molecular complexity index is 569. The lowest BCUT2D eigenvalue weighted by atomic mass is 9.98. The molecule has 2 heterocycles. The number of piperidine rings is 1. The molecule has 1 aliphatic rings. The Balaban J connectivity index is 1.59. The van der Waals surface area contributed by atoms with Gasteiger partial charge in [-0.05, 0) is 43.6 Å². The normalized spacial score (nSPS) is 16.4. The van der Waals surface area contributed by atoms with Gasteiger partial charge in [-0.25, -0.2) is 0 Å². The smallest absolute Gasteiger partial charge is 0.276 e. The van der Waals surface area contributed by atoms with Crippen molar-refractivity contribution in [1.29, 1.82) is 0 Å². The second-order valence-electron chi connectivity index (χ2n) is 4.85. The number of rotatable bonds is 4. The molecule has 1 saturated heterocycles. The Labute approximate surface area is 130 Å². The first kappa shape index (κ1) is 14.1. The lowest BCUT2D eigenvalue weighted by Crippen LogP contribution is -2.26. The zero-order valence-corrected chi connectivity index (χ0v) is 13.4. The van der Waals surface area contributed by atoms with E-state index in [0.29, 0.717) is 11.1 Å². The molecule has 0 aliphatic carbocycles. The summed E-state index contributed by atoms with van der Waals surface area (Å²) >= 11 is 5.07. The van der Waals surface area contributed by atoms with Gasteiger partial charge in [0.1, 0.15) is 0 Å². The molecule has 2 aromatic rings. The maximum absolute atomic E-state index is 5.78. The van der Waals surface area contributed by atoms with Gasteiger partial charge >= 0.3 is 0 Å². The number of aromatic nitrogens is 2. The van der Waals surface area contributed by atoms with Crippen LogP contribution in [0.4, 0.5) is 0 Å². The highest BCUT2D eigenvalue weighted by atomic mass is 79.9.